The summed E-state index contributed by atoms with van der Waals surface area (Å²) in [7, 11) is 0. The van der Waals surface area contributed by atoms with Crippen LogP contribution < -0.4 is 0 Å². The van der Waals surface area contributed by atoms with E-state index in [9.17, 15) is 0 Å². The third-order valence-electron chi connectivity index (χ3n) is 3.00. The molecule has 2 rings (SSSR count). The summed E-state index contributed by atoms with van der Waals surface area (Å²) in [6, 6.07) is 0. The molecule has 17 heavy (non-hydrogen) atoms. The van der Waals surface area contributed by atoms with Crippen molar-refractivity contribution < 1.29 is 4.74 Å². The second-order valence-corrected chi connectivity index (χ2v) is 8.01. The molecule has 0 radical (unpaired) electrons. The highest BCUT2D eigenvalue weighted by Gasteiger charge is 2.30. The maximum atomic E-state index is 5.85. The average molecular weight is 319 g/mol. The number of ether oxygens (including phenoxy) is 1. The molecular formula is C12H19BrN2OS. The van der Waals surface area contributed by atoms with Crippen LogP contribution in [0.25, 0.3) is 0 Å². The number of morpholine rings is 1. The molecule has 0 bridgehead atoms. The fraction of sp³-hybridized carbons (Fsp3) is 0.750. The van der Waals surface area contributed by atoms with Gasteiger partial charge >= 0.3 is 0 Å². The first-order chi connectivity index (χ1) is 7.95. The van der Waals surface area contributed by atoms with E-state index in [2.05, 4.69) is 46.6 Å². The van der Waals surface area contributed by atoms with Crippen LogP contribution in [0.3, 0.4) is 0 Å². The Hall–Kier alpha value is 0.0300. The van der Waals surface area contributed by atoms with E-state index in [1.54, 1.807) is 11.3 Å². The number of nitrogens with zero attached hydrogens (tertiary/aromatic N) is 2. The second-order valence-electron chi connectivity index (χ2n) is 5.52. The predicted octanol–water partition coefficient (Wildman–Crippen LogP) is 3.15. The number of aromatic nitrogens is 1. The number of rotatable bonds is 2. The molecule has 1 atom stereocenters. The van der Waals surface area contributed by atoms with Crippen LogP contribution in [-0.2, 0) is 11.3 Å². The third-order valence-corrected chi connectivity index (χ3v) is 4.46. The third kappa shape index (κ3) is 3.74. The molecule has 0 amide bonds. The lowest BCUT2D eigenvalue weighted by Crippen LogP contribution is -2.47. The lowest BCUT2D eigenvalue weighted by atomic mass is 9.88. The fourth-order valence-corrected chi connectivity index (χ4v) is 3.27. The van der Waals surface area contributed by atoms with E-state index in [1.165, 1.54) is 5.01 Å². The molecule has 1 saturated heterocycles. The molecule has 1 aromatic heterocycles. The van der Waals surface area contributed by atoms with E-state index in [4.69, 9.17) is 4.74 Å². The van der Waals surface area contributed by atoms with Gasteiger partial charge in [-0.15, -0.1) is 11.3 Å². The monoisotopic (exact) mass is 318 g/mol. The molecule has 1 aliphatic heterocycles. The van der Waals surface area contributed by atoms with Crippen molar-refractivity contribution in [3.63, 3.8) is 0 Å². The SMILES string of the molecule is CC(C)(C)[C@@H]1CN(Cc2ncc(Br)s2)CCO1. The van der Waals surface area contributed by atoms with Gasteiger partial charge in [-0.2, -0.15) is 0 Å². The molecular weight excluding hydrogens is 300 g/mol. The number of thiazole rings is 1. The van der Waals surface area contributed by atoms with Gasteiger partial charge < -0.3 is 4.74 Å². The number of hydrogen-bond donors (Lipinski definition) is 0. The smallest absolute Gasteiger partial charge is 0.108 e. The molecule has 1 aliphatic rings. The van der Waals surface area contributed by atoms with E-state index in [-0.39, 0.29) is 5.41 Å². The summed E-state index contributed by atoms with van der Waals surface area (Å²) >= 11 is 5.17. The van der Waals surface area contributed by atoms with Crippen molar-refractivity contribution >= 4 is 27.3 Å². The normalized spacial score (nSPS) is 22.9. The van der Waals surface area contributed by atoms with E-state index >= 15 is 0 Å². The first-order valence-electron chi connectivity index (χ1n) is 5.89. The van der Waals surface area contributed by atoms with Gasteiger partial charge in [-0.1, -0.05) is 20.8 Å². The van der Waals surface area contributed by atoms with Gasteiger partial charge in [0, 0.05) is 13.1 Å². The van der Waals surface area contributed by atoms with Crippen molar-refractivity contribution in [2.24, 2.45) is 5.41 Å². The van der Waals surface area contributed by atoms with Crippen LogP contribution in [0.5, 0.6) is 0 Å². The van der Waals surface area contributed by atoms with Crippen LogP contribution in [0.4, 0.5) is 0 Å². The van der Waals surface area contributed by atoms with Crippen LogP contribution >= 0.6 is 27.3 Å². The van der Waals surface area contributed by atoms with Gasteiger partial charge in [0.2, 0.25) is 0 Å². The molecule has 0 aromatic carbocycles. The molecule has 2 heterocycles. The van der Waals surface area contributed by atoms with Crippen molar-refractivity contribution in [1.29, 1.82) is 0 Å². The van der Waals surface area contributed by atoms with Crippen LogP contribution in [0.1, 0.15) is 25.8 Å². The molecule has 0 spiro atoms. The summed E-state index contributed by atoms with van der Waals surface area (Å²) in [5, 5.41) is 1.17. The van der Waals surface area contributed by atoms with Crippen LogP contribution in [-0.4, -0.2) is 35.7 Å². The van der Waals surface area contributed by atoms with Crippen LogP contribution in [0, 0.1) is 5.41 Å². The highest BCUT2D eigenvalue weighted by Crippen LogP contribution is 2.27. The van der Waals surface area contributed by atoms with Crippen molar-refractivity contribution in [2.75, 3.05) is 19.7 Å². The van der Waals surface area contributed by atoms with Gasteiger partial charge in [-0.05, 0) is 21.3 Å². The first kappa shape index (κ1) is 13.5. The zero-order valence-electron chi connectivity index (χ0n) is 10.6. The number of halogens is 1. The summed E-state index contributed by atoms with van der Waals surface area (Å²) < 4.78 is 6.95. The van der Waals surface area contributed by atoms with Crippen molar-refractivity contribution in [2.45, 2.75) is 33.4 Å². The molecule has 0 saturated carbocycles. The first-order valence-corrected chi connectivity index (χ1v) is 7.50. The highest BCUT2D eigenvalue weighted by molar-refractivity contribution is 9.11. The zero-order chi connectivity index (χ0) is 12.5. The molecule has 3 nitrogen and oxygen atoms in total. The van der Waals surface area contributed by atoms with Crippen molar-refractivity contribution in [1.82, 2.24) is 9.88 Å². The Morgan fingerprint density at radius 2 is 2.35 bits per heavy atom. The van der Waals surface area contributed by atoms with E-state index in [0.717, 1.165) is 30.0 Å². The minimum absolute atomic E-state index is 0.210. The number of hydrogen-bond acceptors (Lipinski definition) is 4. The molecule has 0 aliphatic carbocycles. The van der Waals surface area contributed by atoms with Gasteiger partial charge in [0.15, 0.2) is 0 Å². The van der Waals surface area contributed by atoms with Gasteiger partial charge in [-0.3, -0.25) is 4.90 Å². The summed E-state index contributed by atoms with van der Waals surface area (Å²) in [4.78, 5) is 6.82. The predicted molar refractivity (Wildman–Crippen MR) is 74.3 cm³/mol. The Morgan fingerprint density at radius 1 is 1.59 bits per heavy atom. The lowest BCUT2D eigenvalue weighted by molar-refractivity contribution is -0.0816. The summed E-state index contributed by atoms with van der Waals surface area (Å²) in [6.07, 6.45) is 2.20. The van der Waals surface area contributed by atoms with Gasteiger partial charge in [0.05, 0.1) is 29.2 Å². The molecule has 96 valence electrons. The van der Waals surface area contributed by atoms with Crippen LogP contribution in [0.2, 0.25) is 0 Å². The van der Waals surface area contributed by atoms with Gasteiger partial charge in [0.25, 0.3) is 0 Å². The Kier molecular flexibility index (Phi) is 4.23. The molecule has 0 unspecified atom stereocenters. The summed E-state index contributed by atoms with van der Waals surface area (Å²) in [5.74, 6) is 0. The van der Waals surface area contributed by atoms with Gasteiger partial charge in [-0.25, -0.2) is 4.98 Å². The maximum Gasteiger partial charge on any atom is 0.108 e. The van der Waals surface area contributed by atoms with Crippen molar-refractivity contribution in [3.8, 4) is 0 Å². The highest BCUT2D eigenvalue weighted by atomic mass is 79.9. The minimum Gasteiger partial charge on any atom is -0.375 e. The summed E-state index contributed by atoms with van der Waals surface area (Å²) in [6.45, 7) is 10.5. The quantitative estimate of drug-likeness (QED) is 0.837. The molecule has 0 N–H and O–H groups in total. The molecule has 1 fully saturated rings. The average Bonchev–Trinajstić information content (AvgIpc) is 2.63. The fourth-order valence-electron chi connectivity index (χ4n) is 1.92. The maximum absolute atomic E-state index is 5.85. The van der Waals surface area contributed by atoms with E-state index in [1.807, 2.05) is 6.20 Å². The molecule has 1 aromatic rings. The van der Waals surface area contributed by atoms with Gasteiger partial charge in [0.1, 0.15) is 5.01 Å². The summed E-state index contributed by atoms with van der Waals surface area (Å²) in [5.41, 5.74) is 0.210. The lowest BCUT2D eigenvalue weighted by Gasteiger charge is -2.39. The van der Waals surface area contributed by atoms with Crippen molar-refractivity contribution in [3.05, 3.63) is 15.0 Å². The Labute approximate surface area is 115 Å². The Bertz CT molecular complexity index is 375. The Balaban J connectivity index is 1.94. The van der Waals surface area contributed by atoms with E-state index in [0.29, 0.717) is 6.10 Å². The van der Waals surface area contributed by atoms with E-state index < -0.39 is 0 Å². The molecule has 5 heteroatoms. The minimum atomic E-state index is 0.210. The Morgan fingerprint density at radius 3 is 2.94 bits per heavy atom. The second kappa shape index (κ2) is 5.34. The largest absolute Gasteiger partial charge is 0.375 e. The van der Waals surface area contributed by atoms with Crippen LogP contribution in [0.15, 0.2) is 9.98 Å². The zero-order valence-corrected chi connectivity index (χ0v) is 13.0. The topological polar surface area (TPSA) is 25.4 Å². The standard InChI is InChI=1S/C12H19BrN2OS/c1-12(2,3)9-7-15(4-5-16-9)8-11-14-6-10(13)17-11/h6,9H,4-5,7-8H2,1-3H3/t9-/m0/s1.